The average Bonchev–Trinajstić information content (AvgIpc) is 2.94. The van der Waals surface area contributed by atoms with Crippen molar-refractivity contribution in [2.24, 2.45) is 0 Å². The summed E-state index contributed by atoms with van der Waals surface area (Å²) in [5, 5.41) is 2.74. The summed E-state index contributed by atoms with van der Waals surface area (Å²) in [4.78, 5) is 40.9. The van der Waals surface area contributed by atoms with Crippen LogP contribution in [0, 0.1) is 6.92 Å². The van der Waals surface area contributed by atoms with Crippen LogP contribution in [0.15, 0.2) is 15.5 Å². The zero-order valence-corrected chi connectivity index (χ0v) is 16.0. The van der Waals surface area contributed by atoms with E-state index in [2.05, 4.69) is 10.3 Å². The number of carbonyl (C=O) groups is 2. The Morgan fingerprint density at radius 1 is 1.37 bits per heavy atom. The number of furan rings is 1. The van der Waals surface area contributed by atoms with Gasteiger partial charge in [0.25, 0.3) is 5.56 Å². The van der Waals surface area contributed by atoms with Gasteiger partial charge >= 0.3 is 5.97 Å². The standard InChI is InChI=1S/C18H25N3O6/c1-5-25-18(24)14-12(4)27-16-15(14)17(23)21(10-20-16)9-13(22)19-7-6-8-26-11(2)3/h10-11H,5-9H2,1-4H3,(H,19,22). The highest BCUT2D eigenvalue weighted by molar-refractivity contribution is 6.03. The summed E-state index contributed by atoms with van der Waals surface area (Å²) in [7, 11) is 0. The Hall–Kier alpha value is -2.68. The van der Waals surface area contributed by atoms with E-state index >= 15 is 0 Å². The Bertz CT molecular complexity index is 868. The van der Waals surface area contributed by atoms with Crippen LogP contribution >= 0.6 is 0 Å². The first-order chi connectivity index (χ1) is 12.8. The molecule has 27 heavy (non-hydrogen) atoms. The van der Waals surface area contributed by atoms with Crippen LogP contribution in [0.1, 0.15) is 43.3 Å². The number of nitrogens with zero attached hydrogens (tertiary/aromatic N) is 2. The van der Waals surface area contributed by atoms with Gasteiger partial charge in [-0.15, -0.1) is 0 Å². The van der Waals surface area contributed by atoms with Crippen molar-refractivity contribution in [3.8, 4) is 0 Å². The van der Waals surface area contributed by atoms with Crippen molar-refractivity contribution >= 4 is 23.0 Å². The number of carbonyl (C=O) groups excluding carboxylic acids is 2. The Morgan fingerprint density at radius 3 is 2.78 bits per heavy atom. The molecule has 0 aromatic carbocycles. The van der Waals surface area contributed by atoms with E-state index in [1.165, 1.54) is 6.33 Å². The lowest BCUT2D eigenvalue weighted by molar-refractivity contribution is -0.121. The smallest absolute Gasteiger partial charge is 0.342 e. The molecule has 0 aliphatic heterocycles. The van der Waals surface area contributed by atoms with E-state index in [4.69, 9.17) is 13.9 Å². The monoisotopic (exact) mass is 379 g/mol. The van der Waals surface area contributed by atoms with Crippen molar-refractivity contribution < 1.29 is 23.5 Å². The second-order valence-electron chi connectivity index (χ2n) is 6.23. The maximum Gasteiger partial charge on any atom is 0.342 e. The Balaban J connectivity index is 2.12. The molecule has 148 valence electrons. The maximum absolute atomic E-state index is 12.7. The fraction of sp³-hybridized carbons (Fsp3) is 0.556. The third-order valence-electron chi connectivity index (χ3n) is 3.74. The Kier molecular flexibility index (Phi) is 7.12. The minimum Gasteiger partial charge on any atom is -0.462 e. The third kappa shape index (κ3) is 5.16. The fourth-order valence-corrected chi connectivity index (χ4v) is 2.53. The van der Waals surface area contributed by atoms with Crippen LogP contribution in [0.4, 0.5) is 0 Å². The van der Waals surface area contributed by atoms with Crippen LogP contribution in [-0.4, -0.2) is 47.3 Å². The van der Waals surface area contributed by atoms with Crippen molar-refractivity contribution in [3.63, 3.8) is 0 Å². The number of esters is 1. The van der Waals surface area contributed by atoms with Gasteiger partial charge in [-0.1, -0.05) is 0 Å². The van der Waals surface area contributed by atoms with Crippen LogP contribution in [0.3, 0.4) is 0 Å². The van der Waals surface area contributed by atoms with Gasteiger partial charge < -0.3 is 19.2 Å². The van der Waals surface area contributed by atoms with E-state index in [-0.39, 0.29) is 47.6 Å². The summed E-state index contributed by atoms with van der Waals surface area (Å²) in [6.07, 6.45) is 2.04. The molecule has 0 fully saturated rings. The van der Waals surface area contributed by atoms with E-state index in [1.54, 1.807) is 13.8 Å². The molecule has 0 aliphatic rings. The number of fused-ring (bicyclic) bond motifs is 1. The zero-order chi connectivity index (χ0) is 20.0. The molecule has 0 aliphatic carbocycles. The van der Waals surface area contributed by atoms with Gasteiger partial charge in [0.15, 0.2) is 0 Å². The molecule has 0 spiro atoms. The first-order valence-electron chi connectivity index (χ1n) is 8.89. The second kappa shape index (κ2) is 9.31. The summed E-state index contributed by atoms with van der Waals surface area (Å²) in [5.41, 5.74) is -0.439. The quantitative estimate of drug-likeness (QED) is 0.518. The molecule has 1 N–H and O–H groups in total. The van der Waals surface area contributed by atoms with Gasteiger partial charge in [-0.3, -0.25) is 14.2 Å². The Labute approximate surface area is 156 Å². The molecule has 9 nitrogen and oxygen atoms in total. The molecule has 0 saturated carbocycles. The summed E-state index contributed by atoms with van der Waals surface area (Å²) in [6.45, 7) is 8.05. The minimum absolute atomic E-state index is 0.0200. The summed E-state index contributed by atoms with van der Waals surface area (Å²) >= 11 is 0. The highest BCUT2D eigenvalue weighted by Crippen LogP contribution is 2.21. The van der Waals surface area contributed by atoms with Gasteiger partial charge in [-0.2, -0.15) is 0 Å². The first-order valence-corrected chi connectivity index (χ1v) is 8.89. The van der Waals surface area contributed by atoms with Gasteiger partial charge in [0.1, 0.15) is 29.6 Å². The molecular formula is C18H25N3O6. The zero-order valence-electron chi connectivity index (χ0n) is 16.0. The van der Waals surface area contributed by atoms with Gasteiger partial charge in [-0.25, -0.2) is 9.78 Å². The van der Waals surface area contributed by atoms with Gasteiger partial charge in [-0.05, 0) is 34.1 Å². The average molecular weight is 379 g/mol. The van der Waals surface area contributed by atoms with Crippen molar-refractivity contribution in [1.29, 1.82) is 0 Å². The fourth-order valence-electron chi connectivity index (χ4n) is 2.53. The lowest BCUT2D eigenvalue weighted by Crippen LogP contribution is -2.33. The highest BCUT2D eigenvalue weighted by atomic mass is 16.5. The molecule has 2 aromatic heterocycles. The Morgan fingerprint density at radius 2 is 2.11 bits per heavy atom. The highest BCUT2D eigenvalue weighted by Gasteiger charge is 2.24. The minimum atomic E-state index is -0.653. The van der Waals surface area contributed by atoms with E-state index in [0.29, 0.717) is 19.6 Å². The van der Waals surface area contributed by atoms with E-state index in [1.807, 2.05) is 13.8 Å². The number of hydrogen-bond acceptors (Lipinski definition) is 7. The first kappa shape index (κ1) is 20.6. The topological polar surface area (TPSA) is 113 Å². The van der Waals surface area contributed by atoms with E-state index in [9.17, 15) is 14.4 Å². The summed E-state index contributed by atoms with van der Waals surface area (Å²) in [5.74, 6) is -0.735. The van der Waals surface area contributed by atoms with E-state index in [0.717, 1.165) is 4.57 Å². The predicted octanol–water partition coefficient (Wildman–Crippen LogP) is 1.41. The van der Waals surface area contributed by atoms with Crippen LogP contribution in [-0.2, 0) is 20.8 Å². The SMILES string of the molecule is CCOC(=O)c1c(C)oc2ncn(CC(=O)NCCCOC(C)C)c(=O)c12. The van der Waals surface area contributed by atoms with Crippen molar-refractivity contribution in [2.45, 2.75) is 46.8 Å². The molecule has 0 unspecified atom stereocenters. The van der Waals surface area contributed by atoms with Gasteiger partial charge in [0.05, 0.1) is 12.7 Å². The van der Waals surface area contributed by atoms with Crippen molar-refractivity contribution in [3.05, 3.63) is 28.0 Å². The molecule has 1 amide bonds. The molecule has 2 rings (SSSR count). The van der Waals surface area contributed by atoms with Crippen molar-refractivity contribution in [2.75, 3.05) is 19.8 Å². The lowest BCUT2D eigenvalue weighted by atomic mass is 10.2. The van der Waals surface area contributed by atoms with Crippen LogP contribution < -0.4 is 10.9 Å². The normalized spacial score (nSPS) is 11.1. The third-order valence-corrected chi connectivity index (χ3v) is 3.74. The van der Waals surface area contributed by atoms with Gasteiger partial charge in [0.2, 0.25) is 11.6 Å². The molecule has 0 atom stereocenters. The van der Waals surface area contributed by atoms with E-state index < -0.39 is 11.5 Å². The maximum atomic E-state index is 12.7. The number of aryl methyl sites for hydroxylation is 1. The summed E-state index contributed by atoms with van der Waals surface area (Å²) < 4.78 is 16.9. The second-order valence-corrected chi connectivity index (χ2v) is 6.23. The largest absolute Gasteiger partial charge is 0.462 e. The van der Waals surface area contributed by atoms with Crippen LogP contribution in [0.25, 0.3) is 11.1 Å². The number of rotatable bonds is 9. The molecule has 0 saturated heterocycles. The predicted molar refractivity (Wildman–Crippen MR) is 97.7 cm³/mol. The molecule has 9 heteroatoms. The number of aromatic nitrogens is 2. The molecule has 0 radical (unpaired) electrons. The van der Waals surface area contributed by atoms with Gasteiger partial charge in [0, 0.05) is 13.2 Å². The summed E-state index contributed by atoms with van der Waals surface area (Å²) in [6, 6.07) is 0. The molecule has 2 heterocycles. The number of amides is 1. The lowest BCUT2D eigenvalue weighted by Gasteiger charge is -2.09. The number of nitrogens with one attached hydrogen (secondary N) is 1. The number of ether oxygens (including phenoxy) is 2. The molecule has 0 bridgehead atoms. The van der Waals surface area contributed by atoms with Crippen molar-refractivity contribution in [1.82, 2.24) is 14.9 Å². The van der Waals surface area contributed by atoms with Crippen LogP contribution in [0.2, 0.25) is 0 Å². The molecular weight excluding hydrogens is 354 g/mol. The van der Waals surface area contributed by atoms with Crippen LogP contribution in [0.5, 0.6) is 0 Å². The molecule has 2 aromatic rings. The number of hydrogen-bond donors (Lipinski definition) is 1.